The Hall–Kier alpha value is -2.09. The summed E-state index contributed by atoms with van der Waals surface area (Å²) in [4.78, 5) is 29.0. The van der Waals surface area contributed by atoms with Gasteiger partial charge in [-0.25, -0.2) is 4.79 Å². The van der Waals surface area contributed by atoms with E-state index >= 15 is 0 Å². The van der Waals surface area contributed by atoms with E-state index < -0.39 is 5.60 Å². The summed E-state index contributed by atoms with van der Waals surface area (Å²) >= 11 is 0. The zero-order valence-electron chi connectivity index (χ0n) is 21.3. The van der Waals surface area contributed by atoms with E-state index in [1.807, 2.05) is 25.7 Å². The van der Waals surface area contributed by atoms with Crippen LogP contribution in [-0.2, 0) is 24.1 Å². The van der Waals surface area contributed by atoms with Crippen LogP contribution in [0.25, 0.3) is 0 Å². The van der Waals surface area contributed by atoms with E-state index in [4.69, 9.17) is 9.84 Å². The maximum Gasteiger partial charge on any atom is 0.410 e. The molecule has 1 unspecified atom stereocenters. The predicted octanol–water partition coefficient (Wildman–Crippen LogP) is 3.62. The van der Waals surface area contributed by atoms with Crippen LogP contribution in [-0.4, -0.2) is 76.5 Å². The van der Waals surface area contributed by atoms with Crippen LogP contribution in [0.2, 0.25) is 0 Å². The van der Waals surface area contributed by atoms with Gasteiger partial charge in [0.05, 0.1) is 0 Å². The van der Waals surface area contributed by atoms with E-state index in [2.05, 4.69) is 16.9 Å². The van der Waals surface area contributed by atoms with Crippen LogP contribution in [0.3, 0.4) is 0 Å². The molecule has 2 amide bonds. The van der Waals surface area contributed by atoms with Crippen molar-refractivity contribution in [2.45, 2.75) is 97.2 Å². The monoisotopic (exact) mass is 461 g/mol. The van der Waals surface area contributed by atoms with E-state index in [0.717, 1.165) is 76.7 Å². The highest BCUT2D eigenvalue weighted by Gasteiger charge is 2.31. The summed E-state index contributed by atoms with van der Waals surface area (Å²) in [5.41, 5.74) is 2.60. The summed E-state index contributed by atoms with van der Waals surface area (Å²) in [6, 6.07) is 0.330. The minimum Gasteiger partial charge on any atom is -0.444 e. The lowest BCUT2D eigenvalue weighted by molar-refractivity contribution is 0.0297. The molecule has 8 heteroatoms. The molecule has 0 spiro atoms. The van der Waals surface area contributed by atoms with Gasteiger partial charge >= 0.3 is 6.09 Å². The lowest BCUT2D eigenvalue weighted by Crippen LogP contribution is -2.39. The number of nitrogens with one attached hydrogen (secondary N) is 1. The number of fused-ring (bicyclic) bond motifs is 1. The maximum absolute atomic E-state index is 13.3. The SMILES string of the molecule is CCCn1nc(C(=O)N2CCCCC2)c2c1CCC(NCCCN(C)C(=O)OC(C)(C)C)C2. The van der Waals surface area contributed by atoms with Crippen molar-refractivity contribution < 1.29 is 14.3 Å². The number of aromatic nitrogens is 2. The van der Waals surface area contributed by atoms with Crippen LogP contribution in [0.4, 0.5) is 4.79 Å². The summed E-state index contributed by atoms with van der Waals surface area (Å²) in [6.45, 7) is 11.8. The zero-order valence-corrected chi connectivity index (χ0v) is 21.3. The molecule has 1 fully saturated rings. The molecule has 3 rings (SSSR count). The van der Waals surface area contributed by atoms with Crippen molar-refractivity contribution in [3.05, 3.63) is 17.0 Å². The first-order chi connectivity index (χ1) is 15.7. The third-order valence-corrected chi connectivity index (χ3v) is 6.44. The smallest absolute Gasteiger partial charge is 0.410 e. The van der Waals surface area contributed by atoms with Gasteiger partial charge in [0.1, 0.15) is 5.60 Å². The Kier molecular flexibility index (Phi) is 8.79. The number of hydrogen-bond donors (Lipinski definition) is 1. The average molecular weight is 462 g/mol. The molecule has 0 bridgehead atoms. The molecule has 1 aromatic heterocycles. The number of likely N-dealkylation sites (tertiary alicyclic amines) is 1. The van der Waals surface area contributed by atoms with E-state index in [-0.39, 0.29) is 12.0 Å². The van der Waals surface area contributed by atoms with Gasteiger partial charge in [-0.05, 0) is 78.7 Å². The van der Waals surface area contributed by atoms with E-state index in [1.54, 1.807) is 11.9 Å². The van der Waals surface area contributed by atoms with Crippen LogP contribution in [0, 0.1) is 0 Å². The lowest BCUT2D eigenvalue weighted by atomic mass is 9.90. The summed E-state index contributed by atoms with van der Waals surface area (Å²) in [6.07, 6.45) is 7.81. The van der Waals surface area contributed by atoms with Gasteiger partial charge in [-0.15, -0.1) is 0 Å². The Bertz CT molecular complexity index is 808. The number of hydrogen-bond acceptors (Lipinski definition) is 5. The fourth-order valence-electron chi connectivity index (χ4n) is 4.73. The molecule has 1 aromatic rings. The Morgan fingerprint density at radius 1 is 1.21 bits per heavy atom. The zero-order chi connectivity index (χ0) is 24.0. The van der Waals surface area contributed by atoms with Gasteiger partial charge in [0.25, 0.3) is 5.91 Å². The van der Waals surface area contributed by atoms with Gasteiger partial charge in [0.15, 0.2) is 5.69 Å². The topological polar surface area (TPSA) is 79.7 Å². The second kappa shape index (κ2) is 11.4. The van der Waals surface area contributed by atoms with Gasteiger partial charge < -0.3 is 19.9 Å². The van der Waals surface area contributed by atoms with Gasteiger partial charge in [-0.2, -0.15) is 5.10 Å². The molecular weight excluding hydrogens is 418 g/mol. The molecule has 8 nitrogen and oxygen atoms in total. The highest BCUT2D eigenvalue weighted by atomic mass is 16.6. The molecule has 0 aromatic carbocycles. The molecule has 2 heterocycles. The first kappa shape index (κ1) is 25.5. The molecule has 2 aliphatic rings. The first-order valence-electron chi connectivity index (χ1n) is 12.7. The van der Waals surface area contributed by atoms with E-state index in [9.17, 15) is 9.59 Å². The molecule has 33 heavy (non-hydrogen) atoms. The summed E-state index contributed by atoms with van der Waals surface area (Å²) in [5.74, 6) is 0.112. The van der Waals surface area contributed by atoms with Crippen molar-refractivity contribution in [1.29, 1.82) is 0 Å². The van der Waals surface area contributed by atoms with Crippen molar-refractivity contribution in [2.75, 3.05) is 33.2 Å². The van der Waals surface area contributed by atoms with Gasteiger partial charge in [-0.3, -0.25) is 9.48 Å². The highest BCUT2D eigenvalue weighted by molar-refractivity contribution is 5.94. The van der Waals surface area contributed by atoms with Crippen LogP contribution >= 0.6 is 0 Å². The maximum atomic E-state index is 13.3. The minimum absolute atomic E-state index is 0.112. The quantitative estimate of drug-likeness (QED) is 0.598. The summed E-state index contributed by atoms with van der Waals surface area (Å²) in [7, 11) is 1.78. The van der Waals surface area contributed by atoms with Gasteiger partial charge in [0, 0.05) is 50.5 Å². The Morgan fingerprint density at radius 2 is 1.94 bits per heavy atom. The summed E-state index contributed by atoms with van der Waals surface area (Å²) < 4.78 is 7.50. The van der Waals surface area contributed by atoms with Gasteiger partial charge in [0.2, 0.25) is 0 Å². The number of amides is 2. The number of aryl methyl sites for hydroxylation is 1. The average Bonchev–Trinajstić information content (AvgIpc) is 3.13. The second-order valence-electron chi connectivity index (χ2n) is 10.5. The van der Waals surface area contributed by atoms with Crippen molar-refractivity contribution in [1.82, 2.24) is 24.9 Å². The number of carbonyl (C=O) groups is 2. The third kappa shape index (κ3) is 6.95. The molecule has 1 saturated heterocycles. The molecule has 0 saturated carbocycles. The standard InChI is InChI=1S/C25H43N5O3/c1-6-14-30-21-12-11-19(26-13-10-15-28(5)24(32)33-25(2,3)4)18-20(21)22(27-30)23(31)29-16-8-7-9-17-29/h19,26H,6-18H2,1-5H3. The Labute approximate surface area is 199 Å². The first-order valence-corrected chi connectivity index (χ1v) is 12.7. The number of carbonyl (C=O) groups excluding carboxylic acids is 2. The highest BCUT2D eigenvalue weighted by Crippen LogP contribution is 2.27. The Balaban J connectivity index is 1.56. The lowest BCUT2D eigenvalue weighted by Gasteiger charge is -2.28. The van der Waals surface area contributed by atoms with E-state index in [0.29, 0.717) is 18.3 Å². The van der Waals surface area contributed by atoms with Crippen LogP contribution in [0.15, 0.2) is 0 Å². The fraction of sp³-hybridized carbons (Fsp3) is 0.800. The molecule has 186 valence electrons. The third-order valence-electron chi connectivity index (χ3n) is 6.44. The number of nitrogens with zero attached hydrogens (tertiary/aromatic N) is 4. The fourth-order valence-corrected chi connectivity index (χ4v) is 4.73. The molecule has 1 N–H and O–H groups in total. The molecule has 1 aliphatic carbocycles. The summed E-state index contributed by atoms with van der Waals surface area (Å²) in [5, 5.41) is 8.45. The van der Waals surface area contributed by atoms with Gasteiger partial charge in [-0.1, -0.05) is 6.92 Å². The molecule has 0 radical (unpaired) electrons. The minimum atomic E-state index is -0.477. The molecule has 1 aliphatic heterocycles. The number of rotatable bonds is 8. The van der Waals surface area contributed by atoms with Crippen LogP contribution < -0.4 is 5.32 Å². The van der Waals surface area contributed by atoms with Crippen molar-refractivity contribution >= 4 is 12.0 Å². The molecular formula is C25H43N5O3. The Morgan fingerprint density at radius 3 is 2.61 bits per heavy atom. The number of piperidine rings is 1. The van der Waals surface area contributed by atoms with E-state index in [1.165, 1.54) is 12.1 Å². The second-order valence-corrected chi connectivity index (χ2v) is 10.5. The number of ether oxygens (including phenoxy) is 1. The van der Waals surface area contributed by atoms with Crippen molar-refractivity contribution in [2.24, 2.45) is 0 Å². The van der Waals surface area contributed by atoms with Crippen LogP contribution in [0.5, 0.6) is 0 Å². The largest absolute Gasteiger partial charge is 0.444 e. The normalized spacial score (nSPS) is 18.7. The van der Waals surface area contributed by atoms with Crippen LogP contribution in [0.1, 0.15) is 88.0 Å². The van der Waals surface area contributed by atoms with Crippen molar-refractivity contribution in [3.8, 4) is 0 Å². The predicted molar refractivity (Wildman–Crippen MR) is 130 cm³/mol. The molecule has 1 atom stereocenters. The van der Waals surface area contributed by atoms with Crippen molar-refractivity contribution in [3.63, 3.8) is 0 Å².